The van der Waals surface area contributed by atoms with Gasteiger partial charge in [0.15, 0.2) is 0 Å². The zero-order valence-electron chi connectivity index (χ0n) is 13.0. The molecule has 2 aromatic carbocycles. The molecular formula is C19H19O3+. The Morgan fingerprint density at radius 1 is 1.00 bits per heavy atom. The van der Waals surface area contributed by atoms with Gasteiger partial charge in [0.2, 0.25) is 0 Å². The fourth-order valence-corrected chi connectivity index (χ4v) is 2.45. The maximum absolute atomic E-state index is 9.43. The summed E-state index contributed by atoms with van der Waals surface area (Å²) in [7, 11) is 0. The molecule has 1 heterocycles. The summed E-state index contributed by atoms with van der Waals surface area (Å²) >= 11 is 0. The first kappa shape index (κ1) is 14.4. The summed E-state index contributed by atoms with van der Waals surface area (Å²) in [6, 6.07) is 13.0. The van der Waals surface area contributed by atoms with E-state index in [2.05, 4.69) is 19.9 Å². The number of phenolic OH excluding ortho intramolecular Hbond substituents is 1. The van der Waals surface area contributed by atoms with Gasteiger partial charge < -0.3 is 9.84 Å². The summed E-state index contributed by atoms with van der Waals surface area (Å²) in [6.07, 6.45) is 0. The van der Waals surface area contributed by atoms with Gasteiger partial charge in [-0.05, 0) is 62.2 Å². The number of benzene rings is 2. The molecule has 0 saturated heterocycles. The van der Waals surface area contributed by atoms with Crippen molar-refractivity contribution >= 4 is 11.0 Å². The highest BCUT2D eigenvalue weighted by molar-refractivity contribution is 5.87. The molecule has 0 saturated carbocycles. The standard InChI is InChI=1S/C19H18O3/c1-4-21-18-11-17(14-5-7-15(20)8-6-14)22-19-10-13(3)12(2)9-16(18)19/h5-11H,4H2,1-3H3/p+1. The average molecular weight is 295 g/mol. The van der Waals surface area contributed by atoms with Crippen LogP contribution < -0.4 is 4.74 Å². The number of hydrogen-bond donors (Lipinski definition) is 1. The third kappa shape index (κ3) is 2.62. The second-order valence-corrected chi connectivity index (χ2v) is 5.39. The minimum atomic E-state index is 0.237. The van der Waals surface area contributed by atoms with Crippen LogP contribution in [-0.2, 0) is 0 Å². The molecule has 3 nitrogen and oxygen atoms in total. The highest BCUT2D eigenvalue weighted by Gasteiger charge is 2.20. The first-order valence-corrected chi connectivity index (χ1v) is 7.39. The Balaban J connectivity index is 2.23. The molecule has 0 aliphatic rings. The maximum Gasteiger partial charge on any atom is 0.364 e. The molecule has 3 rings (SSSR count). The van der Waals surface area contributed by atoms with Crippen molar-refractivity contribution in [1.82, 2.24) is 0 Å². The highest BCUT2D eigenvalue weighted by atomic mass is 16.5. The number of fused-ring (bicyclic) bond motifs is 1. The van der Waals surface area contributed by atoms with Gasteiger partial charge in [-0.15, -0.1) is 0 Å². The van der Waals surface area contributed by atoms with Crippen molar-refractivity contribution in [2.24, 2.45) is 0 Å². The molecule has 0 atom stereocenters. The summed E-state index contributed by atoms with van der Waals surface area (Å²) in [5, 5.41) is 10.4. The van der Waals surface area contributed by atoms with Gasteiger partial charge in [0.05, 0.1) is 18.2 Å². The van der Waals surface area contributed by atoms with Crippen LogP contribution in [0.25, 0.3) is 22.3 Å². The molecule has 0 aliphatic carbocycles. The molecule has 1 N–H and O–H groups in total. The molecule has 0 fully saturated rings. The molecule has 0 amide bonds. The van der Waals surface area contributed by atoms with Crippen LogP contribution in [0, 0.1) is 13.8 Å². The van der Waals surface area contributed by atoms with Crippen LogP contribution >= 0.6 is 0 Å². The molecule has 1 aromatic heterocycles. The van der Waals surface area contributed by atoms with E-state index < -0.39 is 0 Å². The van der Waals surface area contributed by atoms with Gasteiger partial charge in [0, 0.05) is 6.07 Å². The van der Waals surface area contributed by atoms with E-state index >= 15 is 0 Å². The lowest BCUT2D eigenvalue weighted by molar-refractivity contribution is 0.342. The monoisotopic (exact) mass is 295 g/mol. The molecule has 0 radical (unpaired) electrons. The van der Waals surface area contributed by atoms with Gasteiger partial charge in [-0.2, -0.15) is 0 Å². The van der Waals surface area contributed by atoms with Crippen molar-refractivity contribution in [1.29, 1.82) is 0 Å². The quantitative estimate of drug-likeness (QED) is 0.683. The Kier molecular flexibility index (Phi) is 3.72. The Hall–Kier alpha value is -2.55. The smallest absolute Gasteiger partial charge is 0.364 e. The first-order valence-electron chi connectivity index (χ1n) is 7.39. The largest absolute Gasteiger partial charge is 0.508 e. The van der Waals surface area contributed by atoms with E-state index in [4.69, 9.17) is 9.15 Å². The van der Waals surface area contributed by atoms with Crippen LogP contribution in [0.15, 0.2) is 46.9 Å². The van der Waals surface area contributed by atoms with Crippen LogP contribution in [0.4, 0.5) is 0 Å². The lowest BCUT2D eigenvalue weighted by Gasteiger charge is -2.06. The maximum atomic E-state index is 9.43. The van der Waals surface area contributed by atoms with E-state index in [0.29, 0.717) is 6.61 Å². The van der Waals surface area contributed by atoms with Crippen molar-refractivity contribution in [3.05, 3.63) is 53.6 Å². The van der Waals surface area contributed by atoms with Gasteiger partial charge in [-0.25, -0.2) is 4.42 Å². The summed E-state index contributed by atoms with van der Waals surface area (Å²) in [6.45, 7) is 6.72. The van der Waals surface area contributed by atoms with E-state index in [1.807, 2.05) is 31.2 Å². The second kappa shape index (κ2) is 5.68. The summed E-state index contributed by atoms with van der Waals surface area (Å²) < 4.78 is 11.8. The molecule has 0 aliphatic heterocycles. The van der Waals surface area contributed by atoms with Gasteiger partial charge in [0.25, 0.3) is 0 Å². The zero-order chi connectivity index (χ0) is 15.7. The van der Waals surface area contributed by atoms with Gasteiger partial charge in [-0.3, -0.25) is 0 Å². The minimum absolute atomic E-state index is 0.237. The predicted molar refractivity (Wildman–Crippen MR) is 88.4 cm³/mol. The normalized spacial score (nSPS) is 10.9. The van der Waals surface area contributed by atoms with Crippen molar-refractivity contribution in [3.8, 4) is 22.8 Å². The zero-order valence-corrected chi connectivity index (χ0v) is 13.0. The molecule has 0 spiro atoms. The van der Waals surface area contributed by atoms with Gasteiger partial charge in [0.1, 0.15) is 16.9 Å². The van der Waals surface area contributed by atoms with Crippen LogP contribution in [0.5, 0.6) is 11.5 Å². The van der Waals surface area contributed by atoms with E-state index in [0.717, 1.165) is 28.0 Å². The van der Waals surface area contributed by atoms with Gasteiger partial charge >= 0.3 is 11.3 Å². The lowest BCUT2D eigenvalue weighted by Crippen LogP contribution is -1.94. The SMILES string of the molecule is CCOc1cc(-c2ccc(O)cc2)[o+]c2cc(C)c(C)cc12. The Labute approximate surface area is 129 Å². The summed E-state index contributed by atoms with van der Waals surface area (Å²) in [4.78, 5) is 0. The van der Waals surface area contributed by atoms with Crippen molar-refractivity contribution < 1.29 is 14.3 Å². The first-order chi connectivity index (χ1) is 10.6. The predicted octanol–water partition coefficient (Wildman–Crippen LogP) is 5.10. The molecule has 3 heteroatoms. The number of aromatic hydroxyl groups is 1. The third-order valence-corrected chi connectivity index (χ3v) is 3.80. The van der Waals surface area contributed by atoms with Crippen LogP contribution in [0.1, 0.15) is 18.1 Å². The van der Waals surface area contributed by atoms with Crippen molar-refractivity contribution in [2.45, 2.75) is 20.8 Å². The topological polar surface area (TPSA) is 40.8 Å². The van der Waals surface area contributed by atoms with Crippen LogP contribution in [-0.4, -0.2) is 11.7 Å². The average Bonchev–Trinajstić information content (AvgIpc) is 2.50. The number of rotatable bonds is 3. The van der Waals surface area contributed by atoms with E-state index in [1.54, 1.807) is 12.1 Å². The fourth-order valence-electron chi connectivity index (χ4n) is 2.45. The number of ether oxygens (including phenoxy) is 1. The van der Waals surface area contributed by atoms with E-state index in [9.17, 15) is 5.11 Å². The Morgan fingerprint density at radius 3 is 2.36 bits per heavy atom. The number of hydrogen-bond acceptors (Lipinski definition) is 2. The minimum Gasteiger partial charge on any atom is -0.508 e. The molecule has 22 heavy (non-hydrogen) atoms. The van der Waals surface area contributed by atoms with Crippen LogP contribution in [0.2, 0.25) is 0 Å². The van der Waals surface area contributed by atoms with Crippen LogP contribution in [0.3, 0.4) is 0 Å². The molecular weight excluding hydrogens is 276 g/mol. The van der Waals surface area contributed by atoms with Gasteiger partial charge in [-0.1, -0.05) is 0 Å². The van der Waals surface area contributed by atoms with Crippen molar-refractivity contribution in [2.75, 3.05) is 6.61 Å². The second-order valence-electron chi connectivity index (χ2n) is 5.39. The summed E-state index contributed by atoms with van der Waals surface area (Å²) in [5.41, 5.74) is 4.10. The number of phenols is 1. The van der Waals surface area contributed by atoms with Crippen molar-refractivity contribution in [3.63, 3.8) is 0 Å². The summed E-state index contributed by atoms with van der Waals surface area (Å²) in [5.74, 6) is 1.77. The molecule has 0 bridgehead atoms. The van der Waals surface area contributed by atoms with E-state index in [-0.39, 0.29) is 5.75 Å². The fraction of sp³-hybridized carbons (Fsp3) is 0.211. The molecule has 0 unspecified atom stereocenters. The Morgan fingerprint density at radius 2 is 1.68 bits per heavy atom. The molecule has 112 valence electrons. The number of aryl methyl sites for hydroxylation is 2. The Bertz CT molecular complexity index is 820. The third-order valence-electron chi connectivity index (χ3n) is 3.80. The van der Waals surface area contributed by atoms with E-state index in [1.165, 1.54) is 11.1 Å². The lowest BCUT2D eigenvalue weighted by atomic mass is 10.1. The molecule has 3 aromatic rings. The highest BCUT2D eigenvalue weighted by Crippen LogP contribution is 2.34.